The Morgan fingerprint density at radius 3 is 2.12 bits per heavy atom. The molecule has 0 amide bonds. The second-order valence-corrected chi connectivity index (χ2v) is 5.44. The van der Waals surface area contributed by atoms with Crippen molar-refractivity contribution in [3.8, 4) is 0 Å². The number of benzene rings is 1. The molecule has 0 bridgehead atoms. The molecule has 0 saturated heterocycles. The third-order valence-corrected chi connectivity index (χ3v) is 3.87. The minimum absolute atomic E-state index is 0.288. The van der Waals surface area contributed by atoms with Crippen molar-refractivity contribution in [3.05, 3.63) is 35.9 Å². The van der Waals surface area contributed by atoms with Gasteiger partial charge >= 0.3 is 0 Å². The normalized spacial score (nSPS) is 21.2. The highest BCUT2D eigenvalue weighted by molar-refractivity contribution is 5.24. The van der Waals surface area contributed by atoms with E-state index in [-0.39, 0.29) is 5.92 Å². The summed E-state index contributed by atoms with van der Waals surface area (Å²) in [4.78, 5) is 0. The molecule has 88 valence electrons. The molecule has 1 aromatic rings. The molecule has 2 rings (SSSR count). The highest BCUT2D eigenvalue weighted by Gasteiger charge is 2.41. The zero-order valence-corrected chi connectivity index (χ0v) is 10.3. The molecule has 1 nitrogen and oxygen atoms in total. The van der Waals surface area contributed by atoms with E-state index in [1.807, 2.05) is 6.07 Å². The minimum atomic E-state index is -0.463. The number of hydrogen-bond acceptors (Lipinski definition) is 1. The fourth-order valence-corrected chi connectivity index (χ4v) is 3.27. The van der Waals surface area contributed by atoms with Crippen molar-refractivity contribution in [2.24, 2.45) is 5.92 Å². The van der Waals surface area contributed by atoms with Crippen LogP contribution in [0.25, 0.3) is 0 Å². The van der Waals surface area contributed by atoms with Crippen LogP contribution in [0.1, 0.15) is 51.0 Å². The summed E-state index contributed by atoms with van der Waals surface area (Å²) >= 11 is 0. The topological polar surface area (TPSA) is 20.2 Å². The van der Waals surface area contributed by atoms with Gasteiger partial charge < -0.3 is 5.11 Å². The molecule has 0 aliphatic heterocycles. The van der Waals surface area contributed by atoms with Gasteiger partial charge in [-0.05, 0) is 24.3 Å². The van der Waals surface area contributed by atoms with E-state index in [2.05, 4.69) is 38.1 Å². The van der Waals surface area contributed by atoms with Crippen LogP contribution in [-0.4, -0.2) is 10.7 Å². The lowest BCUT2D eigenvalue weighted by atomic mass is 9.74. The molecule has 0 spiro atoms. The van der Waals surface area contributed by atoms with Crippen LogP contribution in [0.3, 0.4) is 0 Å². The lowest BCUT2D eigenvalue weighted by molar-refractivity contribution is 0.00348. The Morgan fingerprint density at radius 1 is 1.06 bits per heavy atom. The number of rotatable bonds is 3. The van der Waals surface area contributed by atoms with Crippen molar-refractivity contribution in [1.82, 2.24) is 0 Å². The van der Waals surface area contributed by atoms with Gasteiger partial charge in [0.05, 0.1) is 5.60 Å². The van der Waals surface area contributed by atoms with Crippen molar-refractivity contribution in [3.63, 3.8) is 0 Å². The van der Waals surface area contributed by atoms with E-state index in [4.69, 9.17) is 0 Å². The predicted octanol–water partition coefficient (Wildman–Crippen LogP) is 3.73. The van der Waals surface area contributed by atoms with Crippen molar-refractivity contribution in [2.45, 2.75) is 51.0 Å². The highest BCUT2D eigenvalue weighted by Crippen LogP contribution is 2.44. The van der Waals surface area contributed by atoms with Crippen molar-refractivity contribution < 1.29 is 5.11 Å². The molecule has 16 heavy (non-hydrogen) atoms. The number of aliphatic hydroxyl groups is 1. The molecule has 1 aromatic carbocycles. The van der Waals surface area contributed by atoms with Gasteiger partial charge in [0, 0.05) is 5.92 Å². The van der Waals surface area contributed by atoms with Gasteiger partial charge in [-0.15, -0.1) is 0 Å². The summed E-state index contributed by atoms with van der Waals surface area (Å²) in [6, 6.07) is 10.5. The molecule has 1 atom stereocenters. The van der Waals surface area contributed by atoms with Gasteiger partial charge in [0.15, 0.2) is 0 Å². The Morgan fingerprint density at radius 2 is 1.62 bits per heavy atom. The molecule has 0 radical (unpaired) electrons. The van der Waals surface area contributed by atoms with Gasteiger partial charge in [-0.1, -0.05) is 57.0 Å². The first-order chi connectivity index (χ1) is 7.63. The second kappa shape index (κ2) is 4.58. The van der Waals surface area contributed by atoms with Crippen LogP contribution in [0, 0.1) is 5.92 Å². The summed E-state index contributed by atoms with van der Waals surface area (Å²) in [6.07, 6.45) is 4.27. The molecule has 0 heterocycles. The third kappa shape index (κ3) is 2.15. The summed E-state index contributed by atoms with van der Waals surface area (Å²) in [7, 11) is 0. The average Bonchev–Trinajstić information content (AvgIpc) is 2.67. The van der Waals surface area contributed by atoms with Gasteiger partial charge in [0.1, 0.15) is 0 Å². The van der Waals surface area contributed by atoms with E-state index in [0.29, 0.717) is 5.92 Å². The van der Waals surface area contributed by atoms with Gasteiger partial charge in [0.2, 0.25) is 0 Å². The molecule has 0 aromatic heterocycles. The van der Waals surface area contributed by atoms with Crippen LogP contribution in [0.5, 0.6) is 0 Å². The van der Waals surface area contributed by atoms with E-state index in [9.17, 15) is 5.11 Å². The summed E-state index contributed by atoms with van der Waals surface area (Å²) in [5.41, 5.74) is 0.831. The van der Waals surface area contributed by atoms with Crippen molar-refractivity contribution in [1.29, 1.82) is 0 Å². The van der Waals surface area contributed by atoms with E-state index < -0.39 is 5.60 Å². The third-order valence-electron chi connectivity index (χ3n) is 3.87. The smallest absolute Gasteiger partial charge is 0.0718 e. The monoisotopic (exact) mass is 218 g/mol. The minimum Gasteiger partial charge on any atom is -0.389 e. The van der Waals surface area contributed by atoms with E-state index >= 15 is 0 Å². The lowest BCUT2D eigenvalue weighted by Crippen LogP contribution is -2.36. The molecule has 1 aliphatic carbocycles. The van der Waals surface area contributed by atoms with Crippen molar-refractivity contribution in [2.75, 3.05) is 0 Å². The summed E-state index contributed by atoms with van der Waals surface area (Å²) in [5, 5.41) is 10.8. The largest absolute Gasteiger partial charge is 0.389 e. The quantitative estimate of drug-likeness (QED) is 0.819. The van der Waals surface area contributed by atoms with Gasteiger partial charge in [-0.25, -0.2) is 0 Å². The van der Waals surface area contributed by atoms with Gasteiger partial charge in [0.25, 0.3) is 0 Å². The van der Waals surface area contributed by atoms with Crippen molar-refractivity contribution >= 4 is 0 Å². The Kier molecular flexibility index (Phi) is 3.34. The Hall–Kier alpha value is -0.820. The van der Waals surface area contributed by atoms with Crippen LogP contribution in [0.4, 0.5) is 0 Å². The fourth-order valence-electron chi connectivity index (χ4n) is 3.27. The van der Waals surface area contributed by atoms with Crippen LogP contribution >= 0.6 is 0 Å². The molecule has 1 aliphatic rings. The van der Waals surface area contributed by atoms with Crippen LogP contribution in [-0.2, 0) is 0 Å². The van der Waals surface area contributed by atoms with Gasteiger partial charge in [-0.3, -0.25) is 0 Å². The molecule has 1 fully saturated rings. The van der Waals surface area contributed by atoms with E-state index in [1.54, 1.807) is 0 Å². The molecule has 1 N–H and O–H groups in total. The maximum absolute atomic E-state index is 10.8. The Balaban J connectivity index is 2.31. The zero-order valence-electron chi connectivity index (χ0n) is 10.3. The number of hydrogen-bond donors (Lipinski definition) is 1. The molecule has 0 unspecified atom stereocenters. The van der Waals surface area contributed by atoms with E-state index in [0.717, 1.165) is 12.8 Å². The lowest BCUT2D eigenvalue weighted by Gasteiger charge is -2.36. The maximum Gasteiger partial charge on any atom is 0.0718 e. The van der Waals surface area contributed by atoms with Crippen LogP contribution in [0.2, 0.25) is 0 Å². The van der Waals surface area contributed by atoms with Gasteiger partial charge in [-0.2, -0.15) is 0 Å². The SMILES string of the molecule is CC(C)[C@@H](c1ccccc1)C1(O)CCCC1. The second-order valence-electron chi connectivity index (χ2n) is 5.44. The zero-order chi connectivity index (χ0) is 11.6. The summed E-state index contributed by atoms with van der Waals surface area (Å²) in [5.74, 6) is 0.779. The first-order valence-corrected chi connectivity index (χ1v) is 6.41. The predicted molar refractivity (Wildman–Crippen MR) is 67.4 cm³/mol. The first-order valence-electron chi connectivity index (χ1n) is 6.41. The van der Waals surface area contributed by atoms with E-state index in [1.165, 1.54) is 18.4 Å². The molecule has 1 saturated carbocycles. The molecule has 1 heteroatoms. The summed E-state index contributed by atoms with van der Waals surface area (Å²) < 4.78 is 0. The Labute approximate surface area is 98.5 Å². The fraction of sp³-hybridized carbons (Fsp3) is 0.600. The average molecular weight is 218 g/mol. The molecular formula is C15H22O. The highest BCUT2D eigenvalue weighted by atomic mass is 16.3. The first kappa shape index (κ1) is 11.7. The maximum atomic E-state index is 10.8. The van der Waals surface area contributed by atoms with Crippen LogP contribution < -0.4 is 0 Å². The molecular weight excluding hydrogens is 196 g/mol. The summed E-state index contributed by atoms with van der Waals surface area (Å²) in [6.45, 7) is 4.43. The Bertz CT molecular complexity index is 323. The van der Waals surface area contributed by atoms with Crippen LogP contribution in [0.15, 0.2) is 30.3 Å². The standard InChI is InChI=1S/C15H22O/c1-12(2)14(13-8-4-3-5-9-13)15(16)10-6-7-11-15/h3-5,8-9,12,14,16H,6-7,10-11H2,1-2H3/t14-/m0/s1.